The number of ether oxygens (including phenoxy) is 2. The molecule has 0 N–H and O–H groups in total. The molecule has 0 unspecified atom stereocenters. The van der Waals surface area contributed by atoms with E-state index in [4.69, 9.17) is 13.9 Å². The molecule has 0 aliphatic rings. The van der Waals surface area contributed by atoms with E-state index in [-0.39, 0.29) is 0 Å². The first-order chi connectivity index (χ1) is 6.24. The van der Waals surface area contributed by atoms with Gasteiger partial charge in [-0.05, 0) is 6.42 Å². The summed E-state index contributed by atoms with van der Waals surface area (Å²) in [6, 6.07) is 0. The van der Waals surface area contributed by atoms with Gasteiger partial charge in [-0.25, -0.2) is 9.79 Å². The van der Waals surface area contributed by atoms with Crippen molar-refractivity contribution < 1.29 is 18.7 Å². The molecule has 0 fully saturated rings. The predicted octanol–water partition coefficient (Wildman–Crippen LogP) is -0.654. The Balaban J connectivity index is 3.87. The van der Waals surface area contributed by atoms with Gasteiger partial charge in [0.05, 0.1) is 6.54 Å². The fourth-order valence-corrected chi connectivity index (χ4v) is 1.51. The van der Waals surface area contributed by atoms with Crippen LogP contribution in [0.3, 0.4) is 0 Å². The highest BCUT2D eigenvalue weighted by Crippen LogP contribution is 2.18. The summed E-state index contributed by atoms with van der Waals surface area (Å²) < 4.78 is 15.3. The summed E-state index contributed by atoms with van der Waals surface area (Å²) in [4.78, 5) is 13.2. The second-order valence-corrected chi connectivity index (χ2v) is 2.78. The first kappa shape index (κ1) is 12.5. The molecule has 6 heteroatoms. The largest absolute Gasteiger partial charge is 0.380 e. The van der Waals surface area contributed by atoms with Gasteiger partial charge in [0.25, 0.3) is 5.97 Å². The van der Waals surface area contributed by atoms with Gasteiger partial charge in [0, 0.05) is 20.6 Å². The van der Waals surface area contributed by atoms with Crippen molar-refractivity contribution in [3.63, 3.8) is 0 Å². The van der Waals surface area contributed by atoms with Crippen molar-refractivity contribution >= 4 is 16.6 Å². The summed E-state index contributed by atoms with van der Waals surface area (Å²) in [6.07, 6.45) is 2.69. The van der Waals surface area contributed by atoms with Crippen LogP contribution in [0.25, 0.3) is 0 Å². The van der Waals surface area contributed by atoms with Gasteiger partial charge in [-0.15, -0.1) is 0 Å². The van der Waals surface area contributed by atoms with Crippen LogP contribution in [-0.2, 0) is 18.7 Å². The summed E-state index contributed by atoms with van der Waals surface area (Å²) in [5.41, 5.74) is 0. The maximum absolute atomic E-state index is 9.76. The number of rotatable bonds is 7. The Morgan fingerprint density at radius 1 is 1.46 bits per heavy atom. The van der Waals surface area contributed by atoms with Gasteiger partial charge in [0.1, 0.15) is 0 Å². The molecule has 0 heterocycles. The number of carbonyl (C=O) groups excluding carboxylic acids is 1. The third-order valence-corrected chi connectivity index (χ3v) is 2.37. The fourth-order valence-electron chi connectivity index (χ4n) is 0.976. The molecular formula is C7H15NO4Si. The highest BCUT2D eigenvalue weighted by atomic mass is 28.2. The molecule has 0 aromatic rings. The molecule has 0 aliphatic heterocycles. The van der Waals surface area contributed by atoms with Crippen molar-refractivity contribution in [1.82, 2.24) is 0 Å². The van der Waals surface area contributed by atoms with E-state index in [1.165, 1.54) is 20.3 Å². The van der Waals surface area contributed by atoms with E-state index in [1.807, 2.05) is 0 Å². The van der Waals surface area contributed by atoms with Crippen LogP contribution in [0, 0.1) is 0 Å². The number of nitrogens with zero attached hydrogens (tertiary/aromatic N) is 1. The van der Waals surface area contributed by atoms with Crippen molar-refractivity contribution in [2.24, 2.45) is 4.99 Å². The molecule has 0 radical (unpaired) electrons. The van der Waals surface area contributed by atoms with Crippen LogP contribution in [0.2, 0.25) is 0 Å². The summed E-state index contributed by atoms with van der Waals surface area (Å²) in [6.45, 7) is 0.420. The van der Waals surface area contributed by atoms with Crippen molar-refractivity contribution in [3.05, 3.63) is 0 Å². The zero-order valence-corrected chi connectivity index (χ0v) is 10.2. The Morgan fingerprint density at radius 3 is 2.46 bits per heavy atom. The molecular weight excluding hydrogens is 190 g/mol. The quantitative estimate of drug-likeness (QED) is 0.182. The van der Waals surface area contributed by atoms with E-state index in [0.717, 1.165) is 0 Å². The number of hydrogen-bond donors (Lipinski definition) is 0. The first-order valence-corrected chi connectivity index (χ1v) is 4.75. The fraction of sp³-hybridized carbons (Fsp3) is 0.857. The van der Waals surface area contributed by atoms with Crippen LogP contribution >= 0.6 is 0 Å². The lowest BCUT2D eigenvalue weighted by Gasteiger charge is -2.28. The van der Waals surface area contributed by atoms with E-state index in [0.29, 0.717) is 29.9 Å². The lowest BCUT2D eigenvalue weighted by Crippen LogP contribution is -2.36. The molecule has 0 atom stereocenters. The van der Waals surface area contributed by atoms with Crippen molar-refractivity contribution in [2.45, 2.75) is 18.8 Å². The summed E-state index contributed by atoms with van der Waals surface area (Å²) in [7, 11) is 3.56. The molecule has 0 aliphatic carbocycles. The molecule has 0 saturated carbocycles. The first-order valence-electron chi connectivity index (χ1n) is 3.93. The van der Waals surface area contributed by atoms with Gasteiger partial charge in [-0.3, -0.25) is 0 Å². The standard InChI is InChI=1S/C7H15NO4Si/c1-10-7(11-2,12-13)4-3-5-8-6-9/h3-5H2,1-2,13H3. The van der Waals surface area contributed by atoms with Crippen molar-refractivity contribution in [1.29, 1.82) is 0 Å². The maximum Gasteiger partial charge on any atom is 0.272 e. The Hall–Kier alpha value is -0.523. The van der Waals surface area contributed by atoms with Gasteiger partial charge in [0.15, 0.2) is 10.5 Å². The van der Waals surface area contributed by atoms with E-state index in [9.17, 15) is 4.79 Å². The van der Waals surface area contributed by atoms with Crippen LogP contribution in [0.15, 0.2) is 4.99 Å². The monoisotopic (exact) mass is 205 g/mol. The minimum absolute atomic E-state index is 0.420. The lowest BCUT2D eigenvalue weighted by molar-refractivity contribution is -0.324. The molecule has 76 valence electrons. The Bertz CT molecular complexity index is 169. The molecule has 0 bridgehead atoms. The van der Waals surface area contributed by atoms with Gasteiger partial charge < -0.3 is 13.9 Å². The third-order valence-electron chi connectivity index (χ3n) is 1.75. The van der Waals surface area contributed by atoms with Crippen molar-refractivity contribution in [2.75, 3.05) is 20.8 Å². The average molecular weight is 205 g/mol. The second-order valence-electron chi connectivity index (χ2n) is 2.37. The molecule has 0 rings (SSSR count). The molecule has 0 saturated heterocycles. The normalized spacial score (nSPS) is 11.2. The zero-order valence-electron chi connectivity index (χ0n) is 8.20. The van der Waals surface area contributed by atoms with Crippen LogP contribution in [0.4, 0.5) is 0 Å². The molecule has 0 aromatic carbocycles. The zero-order chi connectivity index (χ0) is 10.2. The Kier molecular flexibility index (Phi) is 6.66. The lowest BCUT2D eigenvalue weighted by atomic mass is 10.3. The number of hydrogen-bond acceptors (Lipinski definition) is 5. The minimum Gasteiger partial charge on any atom is -0.380 e. The van der Waals surface area contributed by atoms with E-state index < -0.39 is 5.97 Å². The highest BCUT2D eigenvalue weighted by molar-refractivity contribution is 5.98. The van der Waals surface area contributed by atoms with Gasteiger partial charge in [-0.2, -0.15) is 0 Å². The second kappa shape index (κ2) is 6.94. The van der Waals surface area contributed by atoms with Crippen molar-refractivity contribution in [3.8, 4) is 0 Å². The average Bonchev–Trinajstić information content (AvgIpc) is 2.20. The van der Waals surface area contributed by atoms with Gasteiger partial charge >= 0.3 is 0 Å². The molecule has 13 heavy (non-hydrogen) atoms. The molecule has 0 aromatic heterocycles. The van der Waals surface area contributed by atoms with Gasteiger partial charge in [-0.1, -0.05) is 0 Å². The summed E-state index contributed by atoms with van der Waals surface area (Å²) in [5, 5.41) is 0. The van der Waals surface area contributed by atoms with E-state index in [1.54, 1.807) is 0 Å². The van der Waals surface area contributed by atoms with Gasteiger partial charge in [0.2, 0.25) is 6.08 Å². The van der Waals surface area contributed by atoms with Crippen LogP contribution in [0.1, 0.15) is 12.8 Å². The maximum atomic E-state index is 9.76. The summed E-state index contributed by atoms with van der Waals surface area (Å²) in [5.74, 6) is -0.954. The SMILES string of the molecule is COC(CCCN=C=O)(OC)O[SiH3]. The third kappa shape index (κ3) is 4.30. The Labute approximate surface area is 80.6 Å². The predicted molar refractivity (Wildman–Crippen MR) is 50.0 cm³/mol. The smallest absolute Gasteiger partial charge is 0.272 e. The summed E-state index contributed by atoms with van der Waals surface area (Å²) >= 11 is 0. The molecule has 0 spiro atoms. The van der Waals surface area contributed by atoms with E-state index >= 15 is 0 Å². The number of isocyanates is 1. The minimum atomic E-state index is -0.954. The highest BCUT2D eigenvalue weighted by Gasteiger charge is 2.27. The van der Waals surface area contributed by atoms with Crippen LogP contribution < -0.4 is 0 Å². The van der Waals surface area contributed by atoms with Crippen LogP contribution in [-0.4, -0.2) is 43.3 Å². The van der Waals surface area contributed by atoms with Crippen LogP contribution in [0.5, 0.6) is 0 Å². The molecule has 5 nitrogen and oxygen atoms in total. The Morgan fingerprint density at radius 2 is 2.08 bits per heavy atom. The number of aliphatic imine (C=N–C) groups is 1. The van der Waals surface area contributed by atoms with E-state index in [2.05, 4.69) is 4.99 Å². The topological polar surface area (TPSA) is 57.1 Å². The molecule has 0 amide bonds. The number of methoxy groups -OCH3 is 2.